The van der Waals surface area contributed by atoms with Crippen LogP contribution in [0.15, 0.2) is 18.2 Å². The molecular formula is C15H20ClIN2O. The summed E-state index contributed by atoms with van der Waals surface area (Å²) in [7, 11) is 0. The summed E-state index contributed by atoms with van der Waals surface area (Å²) >= 11 is 8.26. The molecule has 1 aromatic rings. The van der Waals surface area contributed by atoms with Crippen molar-refractivity contribution in [1.82, 2.24) is 9.80 Å². The van der Waals surface area contributed by atoms with Crippen LogP contribution in [-0.4, -0.2) is 47.9 Å². The molecule has 0 spiro atoms. The van der Waals surface area contributed by atoms with E-state index in [1.54, 1.807) is 6.07 Å². The highest BCUT2D eigenvalue weighted by molar-refractivity contribution is 14.1. The molecule has 1 unspecified atom stereocenters. The zero-order valence-corrected chi connectivity index (χ0v) is 14.8. The number of carbonyl (C=O) groups excluding carboxylic acids is 1. The van der Waals surface area contributed by atoms with Crippen LogP contribution < -0.4 is 0 Å². The van der Waals surface area contributed by atoms with E-state index in [4.69, 9.17) is 11.6 Å². The van der Waals surface area contributed by atoms with Crippen molar-refractivity contribution in [1.29, 1.82) is 0 Å². The van der Waals surface area contributed by atoms with Crippen LogP contribution >= 0.6 is 34.2 Å². The van der Waals surface area contributed by atoms with E-state index in [2.05, 4.69) is 41.3 Å². The maximum atomic E-state index is 12.5. The second kappa shape index (κ2) is 7.09. The molecule has 1 aliphatic heterocycles. The molecule has 1 saturated heterocycles. The molecule has 0 aliphatic carbocycles. The van der Waals surface area contributed by atoms with Gasteiger partial charge in [0, 0.05) is 41.4 Å². The zero-order chi connectivity index (χ0) is 14.7. The number of carbonyl (C=O) groups is 1. The molecule has 5 heteroatoms. The molecule has 20 heavy (non-hydrogen) atoms. The first-order valence-electron chi connectivity index (χ1n) is 7.01. The summed E-state index contributed by atoms with van der Waals surface area (Å²) in [6.07, 6.45) is 1.15. The van der Waals surface area contributed by atoms with Gasteiger partial charge in [-0.3, -0.25) is 9.69 Å². The van der Waals surface area contributed by atoms with Crippen LogP contribution in [0.25, 0.3) is 0 Å². The van der Waals surface area contributed by atoms with Crippen molar-refractivity contribution in [2.75, 3.05) is 26.2 Å². The summed E-state index contributed by atoms with van der Waals surface area (Å²) in [6, 6.07) is 6.12. The molecule has 2 rings (SSSR count). The van der Waals surface area contributed by atoms with Crippen molar-refractivity contribution >= 4 is 40.1 Å². The Kier molecular flexibility index (Phi) is 5.69. The Bertz CT molecular complexity index is 487. The van der Waals surface area contributed by atoms with E-state index in [-0.39, 0.29) is 5.91 Å². The van der Waals surface area contributed by atoms with Crippen LogP contribution in [0.4, 0.5) is 0 Å². The van der Waals surface area contributed by atoms with Gasteiger partial charge in [-0.1, -0.05) is 18.5 Å². The maximum absolute atomic E-state index is 12.5. The third-order valence-corrected chi connectivity index (χ3v) is 5.55. The summed E-state index contributed by atoms with van der Waals surface area (Å²) in [6.45, 7) is 7.96. The number of amides is 1. The smallest absolute Gasteiger partial charge is 0.253 e. The number of piperazine rings is 1. The highest BCUT2D eigenvalue weighted by Gasteiger charge is 2.24. The van der Waals surface area contributed by atoms with Gasteiger partial charge in [0.15, 0.2) is 0 Å². The van der Waals surface area contributed by atoms with E-state index >= 15 is 0 Å². The van der Waals surface area contributed by atoms with Crippen LogP contribution in [0, 0.1) is 3.57 Å². The van der Waals surface area contributed by atoms with E-state index in [9.17, 15) is 4.79 Å². The van der Waals surface area contributed by atoms with Gasteiger partial charge in [-0.05, 0) is 54.1 Å². The summed E-state index contributed by atoms with van der Waals surface area (Å²) < 4.78 is 0.974. The Morgan fingerprint density at radius 2 is 2.00 bits per heavy atom. The molecule has 1 heterocycles. The van der Waals surface area contributed by atoms with Gasteiger partial charge in [0.05, 0.1) is 5.02 Å². The first-order chi connectivity index (χ1) is 9.52. The Hall–Kier alpha value is -0.330. The Morgan fingerprint density at radius 1 is 1.35 bits per heavy atom. The van der Waals surface area contributed by atoms with E-state index in [0.29, 0.717) is 16.6 Å². The van der Waals surface area contributed by atoms with Gasteiger partial charge in [-0.15, -0.1) is 0 Å². The SMILES string of the molecule is CCC(C)N1CCN(C(=O)c2ccc(I)c(Cl)c2)CC1. The van der Waals surface area contributed by atoms with Crippen molar-refractivity contribution in [2.24, 2.45) is 0 Å². The third kappa shape index (κ3) is 3.65. The number of hydrogen-bond donors (Lipinski definition) is 0. The first kappa shape index (κ1) is 16.0. The monoisotopic (exact) mass is 406 g/mol. The normalized spacial score (nSPS) is 18.1. The lowest BCUT2D eigenvalue weighted by Crippen LogP contribution is -2.51. The predicted molar refractivity (Wildman–Crippen MR) is 91.4 cm³/mol. The zero-order valence-electron chi connectivity index (χ0n) is 11.9. The fraction of sp³-hybridized carbons (Fsp3) is 0.533. The highest BCUT2D eigenvalue weighted by Crippen LogP contribution is 2.21. The largest absolute Gasteiger partial charge is 0.336 e. The molecule has 3 nitrogen and oxygen atoms in total. The van der Waals surface area contributed by atoms with E-state index in [1.807, 2.05) is 17.0 Å². The number of benzene rings is 1. The molecule has 0 aromatic heterocycles. The fourth-order valence-electron chi connectivity index (χ4n) is 2.44. The summed E-state index contributed by atoms with van der Waals surface area (Å²) in [4.78, 5) is 16.8. The number of halogens is 2. The van der Waals surface area contributed by atoms with Gasteiger partial charge in [0.25, 0.3) is 5.91 Å². The Labute approximate surface area is 139 Å². The van der Waals surface area contributed by atoms with E-state index in [0.717, 1.165) is 36.2 Å². The second-order valence-corrected chi connectivity index (χ2v) is 6.78. The average Bonchev–Trinajstić information content (AvgIpc) is 2.48. The van der Waals surface area contributed by atoms with Crippen molar-refractivity contribution in [3.8, 4) is 0 Å². The lowest BCUT2D eigenvalue weighted by atomic mass is 10.1. The van der Waals surface area contributed by atoms with E-state index < -0.39 is 0 Å². The van der Waals surface area contributed by atoms with Gasteiger partial charge in [0.1, 0.15) is 0 Å². The molecule has 1 aliphatic rings. The van der Waals surface area contributed by atoms with Crippen molar-refractivity contribution in [3.05, 3.63) is 32.4 Å². The molecule has 1 amide bonds. The van der Waals surface area contributed by atoms with Gasteiger partial charge >= 0.3 is 0 Å². The van der Waals surface area contributed by atoms with Crippen LogP contribution in [0.3, 0.4) is 0 Å². The van der Waals surface area contributed by atoms with Crippen LogP contribution in [0.1, 0.15) is 30.6 Å². The molecule has 0 N–H and O–H groups in total. The topological polar surface area (TPSA) is 23.6 Å². The summed E-state index contributed by atoms with van der Waals surface area (Å²) in [5.74, 6) is 0.0899. The maximum Gasteiger partial charge on any atom is 0.253 e. The van der Waals surface area contributed by atoms with Crippen LogP contribution in [-0.2, 0) is 0 Å². The third-order valence-electron chi connectivity index (χ3n) is 3.98. The molecule has 0 saturated carbocycles. The second-order valence-electron chi connectivity index (χ2n) is 5.21. The van der Waals surface area contributed by atoms with Crippen molar-refractivity contribution in [3.63, 3.8) is 0 Å². The van der Waals surface area contributed by atoms with Crippen LogP contribution in [0.2, 0.25) is 5.02 Å². The summed E-state index contributed by atoms with van der Waals surface area (Å²) in [5, 5.41) is 0.648. The molecule has 1 fully saturated rings. The average molecular weight is 407 g/mol. The van der Waals surface area contributed by atoms with Crippen molar-refractivity contribution < 1.29 is 4.79 Å². The standard InChI is InChI=1S/C15H20ClIN2O/c1-3-11(2)18-6-8-19(9-7-18)15(20)12-4-5-14(17)13(16)10-12/h4-5,10-11H,3,6-9H2,1-2H3. The molecular weight excluding hydrogens is 387 g/mol. The van der Waals surface area contributed by atoms with Gasteiger partial charge in [0.2, 0.25) is 0 Å². The Morgan fingerprint density at radius 3 is 2.55 bits per heavy atom. The number of nitrogens with zero attached hydrogens (tertiary/aromatic N) is 2. The lowest BCUT2D eigenvalue weighted by Gasteiger charge is -2.37. The minimum atomic E-state index is 0.0899. The molecule has 110 valence electrons. The van der Waals surface area contributed by atoms with Crippen molar-refractivity contribution in [2.45, 2.75) is 26.3 Å². The number of hydrogen-bond acceptors (Lipinski definition) is 2. The van der Waals surface area contributed by atoms with Gasteiger partial charge in [-0.2, -0.15) is 0 Å². The lowest BCUT2D eigenvalue weighted by molar-refractivity contribution is 0.0579. The number of rotatable bonds is 3. The predicted octanol–water partition coefficient (Wildman–Crippen LogP) is 3.50. The highest BCUT2D eigenvalue weighted by atomic mass is 127. The summed E-state index contributed by atoms with van der Waals surface area (Å²) in [5.41, 5.74) is 0.687. The van der Waals surface area contributed by atoms with Gasteiger partial charge < -0.3 is 4.90 Å². The van der Waals surface area contributed by atoms with E-state index in [1.165, 1.54) is 0 Å². The van der Waals surface area contributed by atoms with Gasteiger partial charge in [-0.25, -0.2) is 0 Å². The Balaban J connectivity index is 1.99. The molecule has 1 aromatic carbocycles. The first-order valence-corrected chi connectivity index (χ1v) is 8.47. The quantitative estimate of drug-likeness (QED) is 0.717. The molecule has 0 radical (unpaired) electrons. The fourth-order valence-corrected chi connectivity index (χ4v) is 2.95. The molecule has 1 atom stereocenters. The minimum Gasteiger partial charge on any atom is -0.336 e. The van der Waals surface area contributed by atoms with Crippen LogP contribution in [0.5, 0.6) is 0 Å². The molecule has 0 bridgehead atoms. The minimum absolute atomic E-state index is 0.0899.